The number of nitrogens with one attached hydrogen (secondary N) is 1. The molecule has 2 aromatic rings. The molecule has 144 valence electrons. The zero-order valence-electron chi connectivity index (χ0n) is 16.3. The van der Waals surface area contributed by atoms with Crippen LogP contribution in [0.5, 0.6) is 11.5 Å². The molecule has 0 spiro atoms. The molecule has 0 saturated carbocycles. The summed E-state index contributed by atoms with van der Waals surface area (Å²) in [5.74, 6) is 1.19. The predicted molar refractivity (Wildman–Crippen MR) is 107 cm³/mol. The maximum atomic E-state index is 12.1. The molecule has 5 nitrogen and oxygen atoms in total. The van der Waals surface area contributed by atoms with Gasteiger partial charge in [0.05, 0.1) is 26.9 Å². The van der Waals surface area contributed by atoms with Crippen molar-refractivity contribution < 1.29 is 19.0 Å². The van der Waals surface area contributed by atoms with Crippen LogP contribution in [0.25, 0.3) is 6.08 Å². The zero-order chi connectivity index (χ0) is 19.6. The van der Waals surface area contributed by atoms with Gasteiger partial charge in [0.25, 0.3) is 0 Å². The Hall–Kier alpha value is -2.79. The number of ether oxygens (including phenoxy) is 3. The number of amides is 1. The Labute approximate surface area is 161 Å². The smallest absolute Gasteiger partial charge is 0.244 e. The van der Waals surface area contributed by atoms with Crippen LogP contribution in [-0.2, 0) is 22.7 Å². The van der Waals surface area contributed by atoms with E-state index in [0.717, 1.165) is 16.7 Å². The van der Waals surface area contributed by atoms with E-state index in [1.165, 1.54) is 6.08 Å². The van der Waals surface area contributed by atoms with Crippen molar-refractivity contribution >= 4 is 12.0 Å². The highest BCUT2D eigenvalue weighted by Gasteiger charge is 2.02. The lowest BCUT2D eigenvalue weighted by atomic mass is 10.1. The van der Waals surface area contributed by atoms with E-state index in [1.807, 2.05) is 50.2 Å². The molecule has 0 aromatic heterocycles. The Morgan fingerprint density at radius 2 is 1.70 bits per heavy atom. The van der Waals surface area contributed by atoms with E-state index in [4.69, 9.17) is 14.2 Å². The fourth-order valence-corrected chi connectivity index (χ4v) is 2.44. The van der Waals surface area contributed by atoms with Crippen molar-refractivity contribution in [2.75, 3.05) is 14.2 Å². The summed E-state index contributed by atoms with van der Waals surface area (Å²) in [4.78, 5) is 12.1. The summed E-state index contributed by atoms with van der Waals surface area (Å²) in [7, 11) is 3.19. The van der Waals surface area contributed by atoms with Crippen LogP contribution in [0.3, 0.4) is 0 Å². The monoisotopic (exact) mass is 369 g/mol. The van der Waals surface area contributed by atoms with Crippen molar-refractivity contribution in [3.63, 3.8) is 0 Å². The van der Waals surface area contributed by atoms with Gasteiger partial charge in [-0.05, 0) is 48.7 Å². The summed E-state index contributed by atoms with van der Waals surface area (Å²) in [5.41, 5.74) is 2.95. The van der Waals surface area contributed by atoms with Gasteiger partial charge in [-0.2, -0.15) is 0 Å². The van der Waals surface area contributed by atoms with Gasteiger partial charge >= 0.3 is 0 Å². The summed E-state index contributed by atoms with van der Waals surface area (Å²) in [6, 6.07) is 13.5. The third-order valence-corrected chi connectivity index (χ3v) is 3.84. The van der Waals surface area contributed by atoms with Crippen molar-refractivity contribution in [3.05, 3.63) is 65.2 Å². The molecule has 0 unspecified atom stereocenters. The second kappa shape index (κ2) is 10.4. The number of carbonyl (C=O) groups is 1. The summed E-state index contributed by atoms with van der Waals surface area (Å²) < 4.78 is 16.1. The molecule has 2 rings (SSSR count). The quantitative estimate of drug-likeness (QED) is 0.680. The third kappa shape index (κ3) is 7.15. The number of benzene rings is 2. The van der Waals surface area contributed by atoms with Gasteiger partial charge in [0.15, 0.2) is 0 Å². The maximum Gasteiger partial charge on any atom is 0.244 e. The van der Waals surface area contributed by atoms with Crippen LogP contribution in [-0.4, -0.2) is 26.2 Å². The molecule has 27 heavy (non-hydrogen) atoms. The Kier molecular flexibility index (Phi) is 7.89. The van der Waals surface area contributed by atoms with Crippen molar-refractivity contribution in [2.24, 2.45) is 0 Å². The minimum Gasteiger partial charge on any atom is -0.497 e. The number of hydrogen-bond acceptors (Lipinski definition) is 4. The molecule has 0 heterocycles. The molecule has 0 atom stereocenters. The number of carbonyl (C=O) groups excluding carboxylic acids is 1. The first-order valence-corrected chi connectivity index (χ1v) is 8.88. The lowest BCUT2D eigenvalue weighted by molar-refractivity contribution is -0.116. The lowest BCUT2D eigenvalue weighted by Crippen LogP contribution is -2.20. The van der Waals surface area contributed by atoms with E-state index in [-0.39, 0.29) is 12.0 Å². The van der Waals surface area contributed by atoms with Crippen LogP contribution in [0.4, 0.5) is 0 Å². The Morgan fingerprint density at radius 1 is 1.04 bits per heavy atom. The second-order valence-electron chi connectivity index (χ2n) is 6.38. The summed E-state index contributed by atoms with van der Waals surface area (Å²) in [5, 5.41) is 2.89. The lowest BCUT2D eigenvalue weighted by Gasteiger charge is -2.09. The molecule has 0 aliphatic rings. The van der Waals surface area contributed by atoms with Gasteiger partial charge < -0.3 is 19.5 Å². The van der Waals surface area contributed by atoms with E-state index in [1.54, 1.807) is 26.4 Å². The molecule has 1 N–H and O–H groups in total. The zero-order valence-corrected chi connectivity index (χ0v) is 16.3. The van der Waals surface area contributed by atoms with Gasteiger partial charge in [0.2, 0.25) is 5.91 Å². The van der Waals surface area contributed by atoms with Gasteiger partial charge in [0.1, 0.15) is 11.5 Å². The van der Waals surface area contributed by atoms with Gasteiger partial charge in [-0.25, -0.2) is 0 Å². The highest BCUT2D eigenvalue weighted by Crippen LogP contribution is 2.23. The van der Waals surface area contributed by atoms with Gasteiger partial charge in [0, 0.05) is 18.7 Å². The van der Waals surface area contributed by atoms with Crippen LogP contribution in [0.2, 0.25) is 0 Å². The van der Waals surface area contributed by atoms with E-state index in [2.05, 4.69) is 5.32 Å². The fourth-order valence-electron chi connectivity index (χ4n) is 2.44. The van der Waals surface area contributed by atoms with Crippen molar-refractivity contribution in [1.82, 2.24) is 5.32 Å². The van der Waals surface area contributed by atoms with Crippen molar-refractivity contribution in [2.45, 2.75) is 33.1 Å². The first kappa shape index (κ1) is 20.5. The minimum absolute atomic E-state index is 0.166. The summed E-state index contributed by atoms with van der Waals surface area (Å²) >= 11 is 0. The fraction of sp³-hybridized carbons (Fsp3) is 0.318. The normalized spacial score (nSPS) is 11.0. The third-order valence-electron chi connectivity index (χ3n) is 3.84. The largest absolute Gasteiger partial charge is 0.497 e. The highest BCUT2D eigenvalue weighted by molar-refractivity contribution is 5.91. The van der Waals surface area contributed by atoms with E-state index in [0.29, 0.717) is 24.7 Å². The minimum atomic E-state index is -0.166. The molecule has 1 amide bonds. The molecule has 0 bridgehead atoms. The average Bonchev–Trinajstić information content (AvgIpc) is 2.69. The number of rotatable bonds is 9. The van der Waals surface area contributed by atoms with Crippen LogP contribution in [0.1, 0.15) is 30.5 Å². The highest BCUT2D eigenvalue weighted by atomic mass is 16.5. The van der Waals surface area contributed by atoms with Crippen LogP contribution < -0.4 is 14.8 Å². The molecule has 5 heteroatoms. The summed E-state index contributed by atoms with van der Waals surface area (Å²) in [6.45, 7) is 5.04. The molecule has 0 saturated heterocycles. The Balaban J connectivity index is 1.92. The van der Waals surface area contributed by atoms with Crippen LogP contribution in [0.15, 0.2) is 48.5 Å². The molecule has 0 fully saturated rings. The van der Waals surface area contributed by atoms with E-state index in [9.17, 15) is 4.79 Å². The molecular formula is C22H27NO4. The molecule has 2 aromatic carbocycles. The average molecular weight is 369 g/mol. The number of methoxy groups -OCH3 is 2. The SMILES string of the molecule is COc1cc(/C=C/C(=O)NCc2cccc(COC(C)C)c2)cc(OC)c1. The molecular weight excluding hydrogens is 342 g/mol. The van der Waals surface area contributed by atoms with Crippen LogP contribution >= 0.6 is 0 Å². The number of hydrogen-bond donors (Lipinski definition) is 1. The first-order valence-electron chi connectivity index (χ1n) is 8.88. The second-order valence-corrected chi connectivity index (χ2v) is 6.38. The van der Waals surface area contributed by atoms with Crippen molar-refractivity contribution in [3.8, 4) is 11.5 Å². The van der Waals surface area contributed by atoms with Gasteiger partial charge in [-0.15, -0.1) is 0 Å². The summed E-state index contributed by atoms with van der Waals surface area (Å²) in [6.07, 6.45) is 3.42. The Bertz CT molecular complexity index is 761. The standard InChI is InChI=1S/C22H27NO4/c1-16(2)27-15-19-7-5-6-18(10-19)14-23-22(24)9-8-17-11-20(25-3)13-21(12-17)26-4/h5-13,16H,14-15H2,1-4H3,(H,23,24)/b9-8+. The van der Waals surface area contributed by atoms with Crippen LogP contribution in [0, 0.1) is 0 Å². The molecule has 0 radical (unpaired) electrons. The predicted octanol–water partition coefficient (Wildman–Crippen LogP) is 3.96. The molecule has 0 aliphatic carbocycles. The topological polar surface area (TPSA) is 56.8 Å². The van der Waals surface area contributed by atoms with Gasteiger partial charge in [-0.3, -0.25) is 4.79 Å². The van der Waals surface area contributed by atoms with E-state index < -0.39 is 0 Å². The van der Waals surface area contributed by atoms with Gasteiger partial charge in [-0.1, -0.05) is 24.3 Å². The van der Waals surface area contributed by atoms with Crippen molar-refractivity contribution in [1.29, 1.82) is 0 Å². The van der Waals surface area contributed by atoms with E-state index >= 15 is 0 Å². The maximum absolute atomic E-state index is 12.1. The Morgan fingerprint density at radius 3 is 2.33 bits per heavy atom. The first-order chi connectivity index (χ1) is 13.0. The molecule has 0 aliphatic heterocycles.